The highest BCUT2D eigenvalue weighted by Gasteiger charge is 2.10. The van der Waals surface area contributed by atoms with Gasteiger partial charge in [-0.05, 0) is 17.7 Å². The molecule has 0 radical (unpaired) electrons. The van der Waals surface area contributed by atoms with Gasteiger partial charge in [-0.1, -0.05) is 12.1 Å². The summed E-state index contributed by atoms with van der Waals surface area (Å²) < 4.78 is 22.6. The van der Waals surface area contributed by atoms with Gasteiger partial charge in [0.05, 0.1) is 9.82 Å². The maximum atomic E-state index is 11.3. The van der Waals surface area contributed by atoms with Crippen LogP contribution in [0.15, 0.2) is 47.6 Å². The Bertz CT molecular complexity index is 724. The highest BCUT2D eigenvalue weighted by Crippen LogP contribution is 2.23. The van der Waals surface area contributed by atoms with E-state index in [1.165, 1.54) is 24.4 Å². The first-order valence-electron chi connectivity index (χ1n) is 5.28. The van der Waals surface area contributed by atoms with Gasteiger partial charge in [-0.15, -0.1) is 0 Å². The smallest absolute Gasteiger partial charge is 0.258 e. The van der Waals surface area contributed by atoms with Crippen LogP contribution in [0.2, 0.25) is 0 Å². The van der Waals surface area contributed by atoms with Crippen LogP contribution in [0, 0.1) is 10.1 Å². The van der Waals surface area contributed by atoms with Crippen molar-refractivity contribution >= 4 is 15.5 Å². The Morgan fingerprint density at radius 3 is 2.26 bits per heavy atom. The van der Waals surface area contributed by atoms with E-state index < -0.39 is 14.8 Å². The predicted molar refractivity (Wildman–Crippen MR) is 69.4 cm³/mol. The molecular weight excluding hydrogens is 268 g/mol. The van der Waals surface area contributed by atoms with Gasteiger partial charge in [0.2, 0.25) is 0 Å². The lowest BCUT2D eigenvalue weighted by molar-refractivity contribution is -0.385. The molecule has 0 aliphatic heterocycles. The minimum atomic E-state index is -3.25. The normalized spacial score (nSPS) is 11.2. The van der Waals surface area contributed by atoms with Crippen LogP contribution in [0.25, 0.3) is 11.1 Å². The summed E-state index contributed by atoms with van der Waals surface area (Å²) in [6.45, 7) is 0. The van der Waals surface area contributed by atoms with E-state index in [4.69, 9.17) is 0 Å². The molecule has 0 fully saturated rings. The summed E-state index contributed by atoms with van der Waals surface area (Å²) in [6, 6.07) is 7.50. The molecule has 0 atom stereocenters. The molecule has 19 heavy (non-hydrogen) atoms. The van der Waals surface area contributed by atoms with Gasteiger partial charge in [0.1, 0.15) is 6.20 Å². The van der Waals surface area contributed by atoms with Crippen LogP contribution < -0.4 is 0 Å². The van der Waals surface area contributed by atoms with E-state index in [0.29, 0.717) is 11.1 Å². The number of sulfone groups is 1. The topological polar surface area (TPSA) is 90.2 Å². The third-order valence-corrected chi connectivity index (χ3v) is 3.68. The Labute approximate surface area is 109 Å². The summed E-state index contributed by atoms with van der Waals surface area (Å²) in [5, 5.41) is 10.7. The Morgan fingerprint density at radius 2 is 1.74 bits per heavy atom. The number of nitrogens with zero attached hydrogens (tertiary/aromatic N) is 2. The zero-order valence-electron chi connectivity index (χ0n) is 9.98. The highest BCUT2D eigenvalue weighted by atomic mass is 32.2. The van der Waals surface area contributed by atoms with Crippen LogP contribution >= 0.6 is 0 Å². The molecular formula is C12H10N2O4S. The molecule has 1 aromatic carbocycles. The molecule has 0 saturated carbocycles. The molecule has 0 N–H and O–H groups in total. The molecule has 0 aliphatic rings. The van der Waals surface area contributed by atoms with E-state index in [1.807, 2.05) is 0 Å². The van der Waals surface area contributed by atoms with Crippen LogP contribution in [-0.2, 0) is 9.84 Å². The number of hydrogen-bond donors (Lipinski definition) is 0. The van der Waals surface area contributed by atoms with Gasteiger partial charge in [0.25, 0.3) is 5.69 Å². The van der Waals surface area contributed by atoms with E-state index in [2.05, 4.69) is 4.98 Å². The molecule has 0 bridgehead atoms. The molecule has 2 rings (SSSR count). The first-order valence-corrected chi connectivity index (χ1v) is 7.17. The van der Waals surface area contributed by atoms with Crippen molar-refractivity contribution in [2.75, 3.05) is 6.26 Å². The minimum Gasteiger partial charge on any atom is -0.258 e. The quantitative estimate of drug-likeness (QED) is 0.633. The molecule has 7 heteroatoms. The van der Waals surface area contributed by atoms with Gasteiger partial charge in [-0.25, -0.2) is 8.42 Å². The standard InChI is InChI=1S/C12H10N2O4S/c1-19(17,18)12-4-2-9(3-5-12)10-6-11(14(15)16)8-13-7-10/h2-8H,1H3. The lowest BCUT2D eigenvalue weighted by Gasteiger charge is -2.03. The lowest BCUT2D eigenvalue weighted by Crippen LogP contribution is -1.96. The second-order valence-corrected chi connectivity index (χ2v) is 6.00. The van der Waals surface area contributed by atoms with Crippen LogP contribution in [0.1, 0.15) is 0 Å². The van der Waals surface area contributed by atoms with Gasteiger partial charge in [-0.2, -0.15) is 0 Å². The average Bonchev–Trinajstić information content (AvgIpc) is 2.38. The molecule has 0 amide bonds. The van der Waals surface area contributed by atoms with Gasteiger partial charge >= 0.3 is 0 Å². The fourth-order valence-corrected chi connectivity index (χ4v) is 2.21. The number of benzene rings is 1. The average molecular weight is 278 g/mol. The molecule has 1 aromatic heterocycles. The third-order valence-electron chi connectivity index (χ3n) is 2.55. The summed E-state index contributed by atoms with van der Waals surface area (Å²) in [7, 11) is -3.25. The van der Waals surface area contributed by atoms with Gasteiger partial charge in [0.15, 0.2) is 9.84 Å². The number of pyridine rings is 1. The van der Waals surface area contributed by atoms with Gasteiger partial charge in [0, 0.05) is 24.1 Å². The van der Waals surface area contributed by atoms with Crippen LogP contribution in [-0.4, -0.2) is 24.6 Å². The zero-order chi connectivity index (χ0) is 14.0. The van der Waals surface area contributed by atoms with Gasteiger partial charge in [-0.3, -0.25) is 15.1 Å². The monoisotopic (exact) mass is 278 g/mol. The molecule has 2 aromatic rings. The van der Waals surface area contributed by atoms with E-state index in [1.54, 1.807) is 12.1 Å². The molecule has 98 valence electrons. The molecule has 0 saturated heterocycles. The van der Waals surface area contributed by atoms with E-state index in [9.17, 15) is 18.5 Å². The first kappa shape index (κ1) is 13.2. The maximum Gasteiger partial charge on any atom is 0.288 e. The number of rotatable bonds is 3. The molecule has 0 unspecified atom stereocenters. The van der Waals surface area contributed by atoms with Gasteiger partial charge < -0.3 is 0 Å². The molecule has 0 spiro atoms. The van der Waals surface area contributed by atoms with Crippen molar-refractivity contribution < 1.29 is 13.3 Å². The van der Waals surface area contributed by atoms with Crippen molar-refractivity contribution in [1.82, 2.24) is 4.98 Å². The van der Waals surface area contributed by atoms with E-state index in [-0.39, 0.29) is 10.6 Å². The van der Waals surface area contributed by atoms with Crippen molar-refractivity contribution in [3.63, 3.8) is 0 Å². The highest BCUT2D eigenvalue weighted by molar-refractivity contribution is 7.90. The fraction of sp³-hybridized carbons (Fsp3) is 0.0833. The number of hydrogen-bond acceptors (Lipinski definition) is 5. The number of aromatic nitrogens is 1. The number of nitro groups is 1. The summed E-state index contributed by atoms with van der Waals surface area (Å²) >= 11 is 0. The largest absolute Gasteiger partial charge is 0.288 e. The fourth-order valence-electron chi connectivity index (χ4n) is 1.58. The Balaban J connectivity index is 2.43. The molecule has 6 nitrogen and oxygen atoms in total. The second kappa shape index (κ2) is 4.77. The maximum absolute atomic E-state index is 11.3. The molecule has 1 heterocycles. The minimum absolute atomic E-state index is 0.107. The summed E-state index contributed by atoms with van der Waals surface area (Å²) in [4.78, 5) is 14.1. The Hall–Kier alpha value is -2.28. The Kier molecular flexibility index (Phi) is 3.30. The zero-order valence-corrected chi connectivity index (χ0v) is 10.8. The lowest BCUT2D eigenvalue weighted by atomic mass is 10.1. The van der Waals surface area contributed by atoms with Crippen molar-refractivity contribution in [3.8, 4) is 11.1 Å². The second-order valence-electron chi connectivity index (χ2n) is 3.99. The summed E-state index contributed by atoms with van der Waals surface area (Å²) in [5.41, 5.74) is 1.13. The Morgan fingerprint density at radius 1 is 1.11 bits per heavy atom. The third kappa shape index (κ3) is 2.94. The SMILES string of the molecule is CS(=O)(=O)c1ccc(-c2cncc([N+](=O)[O-])c2)cc1. The van der Waals surface area contributed by atoms with Crippen molar-refractivity contribution in [1.29, 1.82) is 0 Å². The van der Waals surface area contributed by atoms with Crippen molar-refractivity contribution in [3.05, 3.63) is 52.8 Å². The van der Waals surface area contributed by atoms with E-state index >= 15 is 0 Å². The van der Waals surface area contributed by atoms with Crippen LogP contribution in [0.3, 0.4) is 0 Å². The van der Waals surface area contributed by atoms with Crippen LogP contribution in [0.5, 0.6) is 0 Å². The summed E-state index contributed by atoms with van der Waals surface area (Å²) in [6.07, 6.45) is 3.77. The van der Waals surface area contributed by atoms with Crippen LogP contribution in [0.4, 0.5) is 5.69 Å². The van der Waals surface area contributed by atoms with Crippen molar-refractivity contribution in [2.45, 2.75) is 4.90 Å². The molecule has 0 aliphatic carbocycles. The van der Waals surface area contributed by atoms with Crippen molar-refractivity contribution in [2.24, 2.45) is 0 Å². The van der Waals surface area contributed by atoms with E-state index in [0.717, 1.165) is 12.5 Å². The first-order chi connectivity index (χ1) is 8.88. The summed E-state index contributed by atoms with van der Waals surface area (Å²) in [5.74, 6) is 0. The predicted octanol–water partition coefficient (Wildman–Crippen LogP) is 2.06.